The van der Waals surface area contributed by atoms with Gasteiger partial charge in [0.25, 0.3) is 5.91 Å². The highest BCUT2D eigenvalue weighted by Gasteiger charge is 2.42. The Labute approximate surface area is 176 Å². The third-order valence-corrected chi connectivity index (χ3v) is 5.09. The fourth-order valence-electron chi connectivity index (χ4n) is 2.29. The third kappa shape index (κ3) is 5.01. The molecule has 0 fully saturated rings. The highest BCUT2D eigenvalue weighted by molar-refractivity contribution is 8.00. The fourth-order valence-corrected chi connectivity index (χ4v) is 3.38. The van der Waals surface area contributed by atoms with Crippen LogP contribution in [0.2, 0.25) is 5.02 Å². The lowest BCUT2D eigenvalue weighted by molar-refractivity contribution is -0.0563. The molecule has 0 heterocycles. The summed E-state index contributed by atoms with van der Waals surface area (Å²) in [5.74, 6) is -3.83. The summed E-state index contributed by atoms with van der Waals surface area (Å²) >= 11 is 5.57. The molecule has 0 saturated heterocycles. The molecular weight excluding hydrogens is 458 g/mol. The topological polar surface area (TPSA) is 40.6 Å². The second-order valence-corrected chi connectivity index (χ2v) is 7.51. The number of carbonyl (C=O) groups is 2. The number of benzene rings is 2. The smallest absolute Gasteiger partial charge is 0.296 e. The molecule has 0 aromatic heterocycles. The molecule has 162 valence electrons. The van der Waals surface area contributed by atoms with E-state index in [0.29, 0.717) is 4.90 Å². The van der Waals surface area contributed by atoms with Crippen LogP contribution in [0.1, 0.15) is 10.4 Å². The molecule has 4 nitrogen and oxygen atoms in total. The maximum Gasteiger partial charge on any atom is 0.357 e. The molecule has 0 bridgehead atoms. The summed E-state index contributed by atoms with van der Waals surface area (Å²) in [6, 6.07) is 5.00. The van der Waals surface area contributed by atoms with Crippen molar-refractivity contribution in [3.63, 3.8) is 0 Å². The lowest BCUT2D eigenvalue weighted by Gasteiger charge is -2.25. The number of imide groups is 1. The van der Waals surface area contributed by atoms with Crippen LogP contribution in [0.4, 0.5) is 36.8 Å². The predicted molar refractivity (Wildman–Crippen MR) is 101 cm³/mol. The van der Waals surface area contributed by atoms with Crippen molar-refractivity contribution in [1.29, 1.82) is 0 Å². The Morgan fingerprint density at radius 2 is 1.73 bits per heavy atom. The second-order valence-electron chi connectivity index (χ2n) is 5.88. The lowest BCUT2D eigenvalue weighted by Crippen LogP contribution is -2.42. The van der Waals surface area contributed by atoms with Gasteiger partial charge in [0.1, 0.15) is 0 Å². The fraction of sp³-hybridized carbons (Fsp3) is 0.222. The van der Waals surface area contributed by atoms with Gasteiger partial charge in [0, 0.05) is 19.0 Å². The lowest BCUT2D eigenvalue weighted by atomic mass is 10.2. The van der Waals surface area contributed by atoms with Gasteiger partial charge in [0.05, 0.1) is 16.3 Å². The molecule has 0 aliphatic rings. The van der Waals surface area contributed by atoms with Gasteiger partial charge in [-0.1, -0.05) is 17.7 Å². The van der Waals surface area contributed by atoms with E-state index in [9.17, 15) is 35.9 Å². The molecule has 2 rings (SSSR count). The Hall–Kier alpha value is -2.40. The number of rotatable bonds is 5. The van der Waals surface area contributed by atoms with E-state index >= 15 is 0 Å². The predicted octanol–water partition coefficient (Wildman–Crippen LogP) is 5.90. The minimum absolute atomic E-state index is 0.0363. The summed E-state index contributed by atoms with van der Waals surface area (Å²) in [4.78, 5) is 26.0. The van der Waals surface area contributed by atoms with Crippen LogP contribution in [0.3, 0.4) is 0 Å². The van der Waals surface area contributed by atoms with Crippen molar-refractivity contribution >= 4 is 41.0 Å². The molecule has 2 aromatic carbocycles. The van der Waals surface area contributed by atoms with E-state index in [-0.39, 0.29) is 15.6 Å². The van der Waals surface area contributed by atoms with Crippen LogP contribution in [0.25, 0.3) is 0 Å². The van der Waals surface area contributed by atoms with Gasteiger partial charge < -0.3 is 0 Å². The van der Waals surface area contributed by atoms with Crippen molar-refractivity contribution in [2.45, 2.75) is 16.6 Å². The van der Waals surface area contributed by atoms with E-state index in [0.717, 1.165) is 48.3 Å². The first-order valence-electron chi connectivity index (χ1n) is 8.01. The van der Waals surface area contributed by atoms with E-state index in [2.05, 4.69) is 0 Å². The van der Waals surface area contributed by atoms with E-state index < -0.39 is 52.6 Å². The molecule has 0 aliphatic heterocycles. The molecule has 0 N–H and O–H groups in total. The van der Waals surface area contributed by atoms with Crippen LogP contribution in [-0.4, -0.2) is 42.6 Å². The number of amides is 3. The number of alkyl halides is 4. The van der Waals surface area contributed by atoms with Crippen molar-refractivity contribution in [1.82, 2.24) is 4.90 Å². The zero-order valence-electron chi connectivity index (χ0n) is 15.3. The van der Waals surface area contributed by atoms with Gasteiger partial charge in [0.15, 0.2) is 11.6 Å². The molecule has 0 unspecified atom stereocenters. The largest absolute Gasteiger partial charge is 0.357 e. The Kier molecular flexibility index (Phi) is 7.30. The second kappa shape index (κ2) is 9.17. The first kappa shape index (κ1) is 23.9. The number of nitrogens with zero attached hydrogens (tertiary/aromatic N) is 2. The minimum atomic E-state index is -4.34. The quantitative estimate of drug-likeness (QED) is 0.404. The van der Waals surface area contributed by atoms with Gasteiger partial charge in [-0.3, -0.25) is 14.6 Å². The molecule has 0 atom stereocenters. The van der Waals surface area contributed by atoms with Gasteiger partial charge in [-0.05, 0) is 42.1 Å². The maximum atomic E-state index is 13.8. The van der Waals surface area contributed by atoms with Crippen LogP contribution in [0.5, 0.6) is 0 Å². The van der Waals surface area contributed by atoms with Gasteiger partial charge in [-0.2, -0.15) is 8.78 Å². The van der Waals surface area contributed by atoms with Crippen molar-refractivity contribution in [3.05, 3.63) is 58.6 Å². The van der Waals surface area contributed by atoms with Crippen LogP contribution in [0.15, 0.2) is 41.3 Å². The van der Waals surface area contributed by atoms with Crippen LogP contribution < -0.4 is 4.90 Å². The summed E-state index contributed by atoms with van der Waals surface area (Å²) in [5.41, 5.74) is -0.711. The van der Waals surface area contributed by atoms with Crippen LogP contribution in [0, 0.1) is 11.6 Å². The van der Waals surface area contributed by atoms with E-state index in [1.807, 2.05) is 0 Å². The number of urea groups is 1. The summed E-state index contributed by atoms with van der Waals surface area (Å²) in [6.45, 7) is 0. The first-order chi connectivity index (χ1) is 13.9. The average molecular weight is 471 g/mol. The molecule has 0 spiro atoms. The molecule has 2 aromatic rings. The summed E-state index contributed by atoms with van der Waals surface area (Å²) < 4.78 is 78.1. The molecule has 3 amide bonds. The Balaban J connectivity index is 2.23. The molecular formula is C18H13ClF6N2O2S. The minimum Gasteiger partial charge on any atom is -0.296 e. The van der Waals surface area contributed by atoms with Gasteiger partial charge >= 0.3 is 17.7 Å². The highest BCUT2D eigenvalue weighted by atomic mass is 35.5. The molecule has 0 aliphatic carbocycles. The van der Waals surface area contributed by atoms with Crippen molar-refractivity contribution in [2.24, 2.45) is 0 Å². The van der Waals surface area contributed by atoms with E-state index in [4.69, 9.17) is 11.6 Å². The SMILES string of the molecule is CN(C(=O)c1cccc(F)c1F)C(=O)N(C)c1ccc(SC(F)(F)C(F)F)cc1Cl. The third-order valence-electron chi connectivity index (χ3n) is 3.85. The van der Waals surface area contributed by atoms with Gasteiger partial charge in [0.2, 0.25) is 0 Å². The van der Waals surface area contributed by atoms with Crippen molar-refractivity contribution in [2.75, 3.05) is 19.0 Å². The van der Waals surface area contributed by atoms with Crippen molar-refractivity contribution < 1.29 is 35.9 Å². The summed E-state index contributed by atoms with van der Waals surface area (Å²) in [5, 5.41) is -4.58. The normalized spacial score (nSPS) is 11.5. The monoisotopic (exact) mass is 470 g/mol. The van der Waals surface area contributed by atoms with Crippen LogP contribution in [-0.2, 0) is 0 Å². The van der Waals surface area contributed by atoms with Crippen LogP contribution >= 0.6 is 23.4 Å². The first-order valence-corrected chi connectivity index (χ1v) is 9.20. The Morgan fingerprint density at radius 3 is 2.30 bits per heavy atom. The number of anilines is 1. The zero-order chi connectivity index (χ0) is 22.8. The van der Waals surface area contributed by atoms with E-state index in [1.165, 1.54) is 7.05 Å². The number of hydrogen-bond acceptors (Lipinski definition) is 3. The Bertz CT molecular complexity index is 976. The molecule has 30 heavy (non-hydrogen) atoms. The van der Waals surface area contributed by atoms with Gasteiger partial charge in [-0.25, -0.2) is 22.4 Å². The summed E-state index contributed by atoms with van der Waals surface area (Å²) in [6.07, 6.45) is -3.90. The highest BCUT2D eigenvalue weighted by Crippen LogP contribution is 2.42. The number of thioether (sulfide) groups is 1. The molecule has 0 radical (unpaired) electrons. The number of hydrogen-bond donors (Lipinski definition) is 0. The van der Waals surface area contributed by atoms with Gasteiger partial charge in [-0.15, -0.1) is 0 Å². The number of halogens is 7. The standard InChI is InChI=1S/C18H13ClF6N2O2S/c1-26(13-7-6-9(8-11(13)19)30-18(24,25)16(22)23)17(29)27(2)15(28)10-4-3-5-12(20)14(10)21/h3-8,16H,1-2H3. The van der Waals surface area contributed by atoms with E-state index in [1.54, 1.807) is 0 Å². The average Bonchev–Trinajstić information content (AvgIpc) is 2.67. The zero-order valence-corrected chi connectivity index (χ0v) is 16.9. The Morgan fingerprint density at radius 1 is 1.10 bits per heavy atom. The number of carbonyl (C=O) groups excluding carboxylic acids is 2. The van der Waals surface area contributed by atoms with Crippen molar-refractivity contribution in [3.8, 4) is 0 Å². The maximum absolute atomic E-state index is 13.8. The molecule has 12 heteroatoms. The summed E-state index contributed by atoms with van der Waals surface area (Å²) in [7, 11) is 2.21. The molecule has 0 saturated carbocycles.